The Labute approximate surface area is 202 Å². The second kappa shape index (κ2) is 10.4. The molecule has 2 aliphatic heterocycles. The molecule has 1 amide bonds. The van der Waals surface area contributed by atoms with Gasteiger partial charge in [-0.15, -0.1) is 0 Å². The number of piperazine rings is 1. The third-order valence-corrected chi connectivity index (χ3v) is 8.93. The Hall–Kier alpha value is -2.49. The van der Waals surface area contributed by atoms with Gasteiger partial charge in [0.25, 0.3) is 0 Å². The minimum atomic E-state index is -3.78. The molecule has 0 bridgehead atoms. The molecule has 2 saturated heterocycles. The smallest absolute Gasteiger partial charge is 0.248 e. The molecule has 0 N–H and O–H groups in total. The number of likely N-dealkylation sites (N-methyl/N-ethyl adjacent to an activating group) is 1. The zero-order valence-electron chi connectivity index (χ0n) is 20.2. The molecular weight excluding hydrogens is 452 g/mol. The number of hydrogen-bond acceptors (Lipinski definition) is 6. The van der Waals surface area contributed by atoms with Gasteiger partial charge in [-0.1, -0.05) is 48.0 Å². The van der Waals surface area contributed by atoms with Crippen molar-refractivity contribution in [2.24, 2.45) is 5.92 Å². The lowest BCUT2D eigenvalue weighted by atomic mass is 9.96. The number of aromatic nitrogens is 1. The Kier molecular flexibility index (Phi) is 7.54. The molecule has 2 fully saturated rings. The van der Waals surface area contributed by atoms with Crippen molar-refractivity contribution in [1.82, 2.24) is 19.3 Å². The molecule has 8 nitrogen and oxygen atoms in total. The summed E-state index contributed by atoms with van der Waals surface area (Å²) in [6.45, 7) is 10.7. The van der Waals surface area contributed by atoms with Crippen LogP contribution in [0.5, 0.6) is 0 Å². The van der Waals surface area contributed by atoms with Crippen molar-refractivity contribution in [1.29, 1.82) is 0 Å². The first kappa shape index (κ1) is 24.6. The predicted octanol–water partition coefficient (Wildman–Crippen LogP) is 3.03. The zero-order valence-corrected chi connectivity index (χ0v) is 21.1. The normalized spacial score (nSPS) is 19.2. The number of amides is 1. The van der Waals surface area contributed by atoms with Gasteiger partial charge in [0.15, 0.2) is 10.7 Å². The summed E-state index contributed by atoms with van der Waals surface area (Å²) in [5.41, 5.74) is 2.44. The van der Waals surface area contributed by atoms with E-state index < -0.39 is 10.0 Å². The topological polar surface area (TPSA) is 87.0 Å². The minimum absolute atomic E-state index is 0.108. The van der Waals surface area contributed by atoms with Crippen LogP contribution in [0.1, 0.15) is 42.3 Å². The minimum Gasteiger partial charge on any atom is -0.355 e. The lowest BCUT2D eigenvalue weighted by Crippen LogP contribution is -2.51. The van der Waals surface area contributed by atoms with E-state index in [1.807, 2.05) is 42.2 Å². The van der Waals surface area contributed by atoms with Crippen LogP contribution < -0.4 is 0 Å². The number of piperidine rings is 1. The summed E-state index contributed by atoms with van der Waals surface area (Å²) >= 11 is 0. The van der Waals surface area contributed by atoms with Crippen molar-refractivity contribution < 1.29 is 17.7 Å². The van der Waals surface area contributed by atoms with E-state index >= 15 is 0 Å². The van der Waals surface area contributed by atoms with Gasteiger partial charge >= 0.3 is 0 Å². The van der Waals surface area contributed by atoms with Crippen molar-refractivity contribution in [2.45, 2.75) is 38.5 Å². The lowest BCUT2D eigenvalue weighted by molar-refractivity contribution is -0.138. The van der Waals surface area contributed by atoms with Crippen LogP contribution in [0.3, 0.4) is 0 Å². The van der Waals surface area contributed by atoms with E-state index in [1.54, 1.807) is 13.0 Å². The fourth-order valence-electron chi connectivity index (χ4n) is 4.66. The maximum Gasteiger partial charge on any atom is 0.248 e. The van der Waals surface area contributed by atoms with E-state index in [9.17, 15) is 13.2 Å². The van der Waals surface area contributed by atoms with E-state index in [4.69, 9.17) is 4.52 Å². The Morgan fingerprint density at radius 2 is 1.68 bits per heavy atom. The molecule has 2 aliphatic rings. The van der Waals surface area contributed by atoms with Crippen LogP contribution in [-0.2, 0) is 14.8 Å². The molecule has 1 aromatic carbocycles. The number of nitrogens with zero attached hydrogens (tertiary/aromatic N) is 4. The van der Waals surface area contributed by atoms with E-state index in [-0.39, 0.29) is 22.5 Å². The number of rotatable bonds is 6. The van der Waals surface area contributed by atoms with Gasteiger partial charge in [0.2, 0.25) is 15.9 Å². The first-order valence-corrected chi connectivity index (χ1v) is 13.5. The highest BCUT2D eigenvalue weighted by Gasteiger charge is 2.37. The predicted molar refractivity (Wildman–Crippen MR) is 132 cm³/mol. The number of aryl methyl sites for hydroxylation is 2. The van der Waals surface area contributed by atoms with E-state index in [1.165, 1.54) is 4.31 Å². The first-order chi connectivity index (χ1) is 16.3. The fraction of sp³-hybridized carbons (Fsp3) is 0.520. The molecule has 34 heavy (non-hydrogen) atoms. The monoisotopic (exact) mass is 486 g/mol. The highest BCUT2D eigenvalue weighted by atomic mass is 32.2. The van der Waals surface area contributed by atoms with Crippen molar-refractivity contribution >= 4 is 28.1 Å². The summed E-state index contributed by atoms with van der Waals surface area (Å²) in [5.74, 6) is 0.268. The summed E-state index contributed by atoms with van der Waals surface area (Å²) in [4.78, 5) is 17.4. The maximum absolute atomic E-state index is 13.5. The van der Waals surface area contributed by atoms with Crippen LogP contribution in [0.4, 0.5) is 0 Å². The van der Waals surface area contributed by atoms with Crippen LogP contribution in [0.25, 0.3) is 12.2 Å². The largest absolute Gasteiger partial charge is 0.355 e. The Bertz CT molecular complexity index is 1120. The van der Waals surface area contributed by atoms with Crippen molar-refractivity contribution in [3.05, 3.63) is 46.8 Å². The van der Waals surface area contributed by atoms with Gasteiger partial charge in [0, 0.05) is 45.2 Å². The molecule has 0 saturated carbocycles. The first-order valence-electron chi connectivity index (χ1n) is 12.0. The van der Waals surface area contributed by atoms with Gasteiger partial charge < -0.3 is 14.3 Å². The van der Waals surface area contributed by atoms with Gasteiger partial charge in [0.1, 0.15) is 5.69 Å². The summed E-state index contributed by atoms with van der Waals surface area (Å²) in [6, 6.07) is 7.93. The summed E-state index contributed by atoms with van der Waals surface area (Å²) in [5, 5.41) is 3.92. The SMILES string of the molecule is CCN1CCN(C(=O)C2CCN(S(=O)(=O)c3c(C)noc3C=Cc3ccc(C)cc3)CC2)CC1. The van der Waals surface area contributed by atoms with Crippen molar-refractivity contribution in [3.8, 4) is 0 Å². The highest BCUT2D eigenvalue weighted by molar-refractivity contribution is 7.89. The molecule has 0 radical (unpaired) electrons. The lowest BCUT2D eigenvalue weighted by Gasteiger charge is -2.38. The van der Waals surface area contributed by atoms with Crippen LogP contribution in [-0.4, -0.2) is 79.4 Å². The van der Waals surface area contributed by atoms with Gasteiger partial charge in [-0.3, -0.25) is 4.79 Å². The van der Waals surface area contributed by atoms with Crippen LogP contribution in [0.2, 0.25) is 0 Å². The number of sulfonamides is 1. The number of carbonyl (C=O) groups is 1. The van der Waals surface area contributed by atoms with Gasteiger partial charge in [0.05, 0.1) is 0 Å². The number of benzene rings is 1. The molecule has 3 heterocycles. The van der Waals surface area contributed by atoms with E-state index in [0.29, 0.717) is 31.6 Å². The van der Waals surface area contributed by atoms with E-state index in [2.05, 4.69) is 17.0 Å². The molecule has 0 unspecified atom stereocenters. The third-order valence-electron chi connectivity index (χ3n) is 6.87. The second-order valence-corrected chi connectivity index (χ2v) is 11.0. The number of carbonyl (C=O) groups excluding carboxylic acids is 1. The van der Waals surface area contributed by atoms with Gasteiger partial charge in [-0.2, -0.15) is 4.31 Å². The molecule has 0 aliphatic carbocycles. The maximum atomic E-state index is 13.5. The van der Waals surface area contributed by atoms with Crippen LogP contribution >= 0.6 is 0 Å². The van der Waals surface area contributed by atoms with Crippen molar-refractivity contribution in [2.75, 3.05) is 45.8 Å². The quantitative estimate of drug-likeness (QED) is 0.624. The Morgan fingerprint density at radius 1 is 1.03 bits per heavy atom. The fourth-order valence-corrected chi connectivity index (χ4v) is 6.38. The molecule has 4 rings (SSSR count). The standard InChI is InChI=1S/C25H34N4O4S/c1-4-27-15-17-28(18-16-27)25(30)22-11-13-29(14-12-22)34(31,32)24-20(3)26-33-23(24)10-9-21-7-5-19(2)6-8-21/h5-10,22H,4,11-18H2,1-3H3. The summed E-state index contributed by atoms with van der Waals surface area (Å²) < 4.78 is 33.8. The molecule has 0 spiro atoms. The molecule has 1 aromatic heterocycles. The molecule has 0 atom stereocenters. The summed E-state index contributed by atoms with van der Waals surface area (Å²) in [6.07, 6.45) is 4.54. The van der Waals surface area contributed by atoms with E-state index in [0.717, 1.165) is 43.9 Å². The molecular formula is C25H34N4O4S. The van der Waals surface area contributed by atoms with Crippen LogP contribution in [0, 0.1) is 19.8 Å². The Morgan fingerprint density at radius 3 is 2.29 bits per heavy atom. The molecule has 9 heteroatoms. The Balaban J connectivity index is 1.42. The zero-order chi connectivity index (χ0) is 24.3. The number of hydrogen-bond donors (Lipinski definition) is 0. The van der Waals surface area contributed by atoms with Crippen LogP contribution in [0.15, 0.2) is 33.7 Å². The van der Waals surface area contributed by atoms with Gasteiger partial charge in [-0.05, 0) is 44.9 Å². The second-order valence-electron chi connectivity index (χ2n) is 9.14. The average Bonchev–Trinajstić information content (AvgIpc) is 3.24. The van der Waals surface area contributed by atoms with Crippen molar-refractivity contribution in [3.63, 3.8) is 0 Å². The molecule has 2 aromatic rings. The average molecular weight is 487 g/mol. The highest BCUT2D eigenvalue weighted by Crippen LogP contribution is 2.30. The third kappa shape index (κ3) is 5.26. The molecule has 184 valence electrons. The summed E-state index contributed by atoms with van der Waals surface area (Å²) in [7, 11) is -3.78. The van der Waals surface area contributed by atoms with Gasteiger partial charge in [-0.25, -0.2) is 8.42 Å².